The lowest BCUT2D eigenvalue weighted by molar-refractivity contribution is -0.137. The van der Waals surface area contributed by atoms with Crippen LogP contribution >= 0.6 is 0 Å². The number of nitrogens with zero attached hydrogens (tertiary/aromatic N) is 3. The van der Waals surface area contributed by atoms with E-state index in [2.05, 4.69) is 17.4 Å². The summed E-state index contributed by atoms with van der Waals surface area (Å²) in [4.78, 5) is 45.8. The van der Waals surface area contributed by atoms with Gasteiger partial charge in [0.05, 0.1) is 6.04 Å². The first-order valence-corrected chi connectivity index (χ1v) is 12.9. The van der Waals surface area contributed by atoms with Gasteiger partial charge in [-0.2, -0.15) is 0 Å². The molecule has 2 saturated heterocycles. The number of piperazine rings is 1. The van der Waals surface area contributed by atoms with Gasteiger partial charge >= 0.3 is 0 Å². The smallest absolute Gasteiger partial charge is 0.254 e. The Balaban J connectivity index is 1.39. The van der Waals surface area contributed by atoms with Crippen LogP contribution in [0.5, 0.6) is 0 Å². The molecule has 0 bridgehead atoms. The zero-order valence-corrected chi connectivity index (χ0v) is 20.4. The summed E-state index contributed by atoms with van der Waals surface area (Å²) >= 11 is 0. The van der Waals surface area contributed by atoms with E-state index in [-0.39, 0.29) is 29.7 Å². The molecule has 1 aliphatic carbocycles. The van der Waals surface area contributed by atoms with Gasteiger partial charge in [0, 0.05) is 50.7 Å². The number of benzene rings is 2. The number of likely N-dealkylation sites (tertiary alicyclic amines) is 1. The summed E-state index contributed by atoms with van der Waals surface area (Å²) < 4.78 is 13.5. The van der Waals surface area contributed by atoms with Gasteiger partial charge in [0.1, 0.15) is 11.9 Å². The maximum Gasteiger partial charge on any atom is 0.254 e. The summed E-state index contributed by atoms with van der Waals surface area (Å²) in [6.45, 7) is 3.48. The molecule has 2 aliphatic heterocycles. The second-order valence-corrected chi connectivity index (χ2v) is 9.99. The Morgan fingerprint density at radius 1 is 0.972 bits per heavy atom. The molecule has 36 heavy (non-hydrogen) atoms. The second kappa shape index (κ2) is 10.8. The van der Waals surface area contributed by atoms with Crippen molar-refractivity contribution in [3.05, 3.63) is 71.5 Å². The van der Waals surface area contributed by atoms with E-state index < -0.39 is 11.9 Å². The molecular formula is C28H33FN4O3. The molecule has 0 radical (unpaired) electrons. The van der Waals surface area contributed by atoms with Crippen molar-refractivity contribution in [2.24, 2.45) is 5.92 Å². The van der Waals surface area contributed by atoms with Crippen molar-refractivity contribution in [2.45, 2.75) is 37.8 Å². The standard InChI is InChI=1S/C28H33FN4O3/c29-23-10-8-22(9-11-23)27(35)33-19-24(18-25(33)28(36)31-16-13-30-14-17-31)32(26(34)21-6-7-21)15-12-20-4-2-1-3-5-20/h1-5,8-11,21,24-25,30H,6-7,12-19H2. The third-order valence-corrected chi connectivity index (χ3v) is 7.48. The van der Waals surface area contributed by atoms with E-state index in [1.807, 2.05) is 28.0 Å². The second-order valence-electron chi connectivity index (χ2n) is 9.99. The Morgan fingerprint density at radius 3 is 2.33 bits per heavy atom. The van der Waals surface area contributed by atoms with Crippen molar-refractivity contribution < 1.29 is 18.8 Å². The first-order chi connectivity index (χ1) is 17.5. The highest BCUT2D eigenvalue weighted by molar-refractivity contribution is 5.98. The number of hydrogen-bond donors (Lipinski definition) is 1. The minimum absolute atomic E-state index is 0.0462. The van der Waals surface area contributed by atoms with Gasteiger partial charge in [-0.25, -0.2) is 4.39 Å². The van der Waals surface area contributed by atoms with E-state index in [4.69, 9.17) is 0 Å². The number of carbonyl (C=O) groups excluding carboxylic acids is 3. The minimum atomic E-state index is -0.642. The van der Waals surface area contributed by atoms with E-state index >= 15 is 0 Å². The molecule has 2 unspecified atom stereocenters. The first-order valence-electron chi connectivity index (χ1n) is 12.9. The molecule has 2 atom stereocenters. The Morgan fingerprint density at radius 2 is 1.67 bits per heavy atom. The summed E-state index contributed by atoms with van der Waals surface area (Å²) in [5.41, 5.74) is 1.50. The van der Waals surface area contributed by atoms with Crippen LogP contribution in [0.2, 0.25) is 0 Å². The zero-order chi connectivity index (χ0) is 25.1. The fourth-order valence-corrected chi connectivity index (χ4v) is 5.28. The minimum Gasteiger partial charge on any atom is -0.338 e. The number of rotatable bonds is 7. The Labute approximate surface area is 211 Å². The van der Waals surface area contributed by atoms with Crippen molar-refractivity contribution >= 4 is 17.7 Å². The molecule has 2 aromatic rings. The molecule has 1 saturated carbocycles. The van der Waals surface area contributed by atoms with Gasteiger partial charge in [0.25, 0.3) is 5.91 Å². The quantitative estimate of drug-likeness (QED) is 0.644. The van der Waals surface area contributed by atoms with Gasteiger partial charge in [-0.15, -0.1) is 0 Å². The molecular weight excluding hydrogens is 459 g/mol. The molecule has 2 heterocycles. The Hall–Kier alpha value is -3.26. The molecule has 0 spiro atoms. The highest BCUT2D eigenvalue weighted by Gasteiger charge is 2.46. The molecule has 7 nitrogen and oxygen atoms in total. The molecule has 3 amide bonds. The maximum atomic E-state index is 13.6. The van der Waals surface area contributed by atoms with E-state index in [9.17, 15) is 18.8 Å². The van der Waals surface area contributed by atoms with Crippen LogP contribution in [0.15, 0.2) is 54.6 Å². The van der Waals surface area contributed by atoms with Gasteiger partial charge in [0.2, 0.25) is 11.8 Å². The van der Waals surface area contributed by atoms with E-state index in [1.165, 1.54) is 24.3 Å². The van der Waals surface area contributed by atoms with Crippen molar-refractivity contribution in [3.63, 3.8) is 0 Å². The van der Waals surface area contributed by atoms with Gasteiger partial charge < -0.3 is 20.0 Å². The molecule has 5 rings (SSSR count). The first kappa shape index (κ1) is 24.4. The fourth-order valence-electron chi connectivity index (χ4n) is 5.28. The number of hydrogen-bond acceptors (Lipinski definition) is 4. The highest BCUT2D eigenvalue weighted by atomic mass is 19.1. The van der Waals surface area contributed by atoms with E-state index in [0.29, 0.717) is 38.2 Å². The maximum absolute atomic E-state index is 13.6. The largest absolute Gasteiger partial charge is 0.338 e. The monoisotopic (exact) mass is 492 g/mol. The SMILES string of the molecule is O=C(C1CC(N(CCc2ccccc2)C(=O)C2CC2)CN1C(=O)c1ccc(F)cc1)N1CCNCC1. The van der Waals surface area contributed by atoms with E-state index in [0.717, 1.165) is 37.9 Å². The molecule has 190 valence electrons. The summed E-state index contributed by atoms with van der Waals surface area (Å²) in [5, 5.41) is 3.26. The van der Waals surface area contributed by atoms with Crippen molar-refractivity contribution in [3.8, 4) is 0 Å². The predicted octanol–water partition coefficient (Wildman–Crippen LogP) is 2.32. The molecule has 3 aliphatic rings. The molecule has 2 aromatic carbocycles. The van der Waals surface area contributed by atoms with Crippen LogP contribution in [0.4, 0.5) is 4.39 Å². The van der Waals surface area contributed by atoms with Gasteiger partial charge in [-0.05, 0) is 55.5 Å². The fraction of sp³-hybridized carbons (Fsp3) is 0.464. The van der Waals surface area contributed by atoms with Crippen LogP contribution in [0.1, 0.15) is 35.2 Å². The van der Waals surface area contributed by atoms with Crippen molar-refractivity contribution in [2.75, 3.05) is 39.3 Å². The van der Waals surface area contributed by atoms with Crippen LogP contribution in [0, 0.1) is 11.7 Å². The van der Waals surface area contributed by atoms with Gasteiger partial charge in [-0.3, -0.25) is 14.4 Å². The lowest BCUT2D eigenvalue weighted by Gasteiger charge is -2.32. The van der Waals surface area contributed by atoms with Crippen LogP contribution in [-0.4, -0.2) is 83.8 Å². The molecule has 8 heteroatoms. The molecule has 1 N–H and O–H groups in total. The predicted molar refractivity (Wildman–Crippen MR) is 134 cm³/mol. The van der Waals surface area contributed by atoms with Crippen molar-refractivity contribution in [1.82, 2.24) is 20.0 Å². The van der Waals surface area contributed by atoms with Crippen LogP contribution in [0.3, 0.4) is 0 Å². The van der Waals surface area contributed by atoms with E-state index in [1.54, 1.807) is 4.90 Å². The highest BCUT2D eigenvalue weighted by Crippen LogP contribution is 2.34. The third kappa shape index (κ3) is 5.43. The topological polar surface area (TPSA) is 73.0 Å². The van der Waals surface area contributed by atoms with Gasteiger partial charge in [-0.1, -0.05) is 30.3 Å². The van der Waals surface area contributed by atoms with Gasteiger partial charge in [0.15, 0.2) is 0 Å². The average Bonchev–Trinajstić information content (AvgIpc) is 3.68. The van der Waals surface area contributed by atoms with Crippen LogP contribution < -0.4 is 5.32 Å². The lowest BCUT2D eigenvalue weighted by atomic mass is 10.1. The Bertz CT molecular complexity index is 1080. The summed E-state index contributed by atoms with van der Waals surface area (Å²) in [7, 11) is 0. The zero-order valence-electron chi connectivity index (χ0n) is 20.4. The number of halogens is 1. The van der Waals surface area contributed by atoms with Crippen molar-refractivity contribution in [1.29, 1.82) is 0 Å². The summed E-state index contributed by atoms with van der Waals surface area (Å²) in [6, 6.07) is 14.6. The van der Waals surface area contributed by atoms with Crippen LogP contribution in [-0.2, 0) is 16.0 Å². The number of nitrogens with one attached hydrogen (secondary N) is 1. The lowest BCUT2D eigenvalue weighted by Crippen LogP contribution is -2.53. The summed E-state index contributed by atoms with van der Waals surface area (Å²) in [6.07, 6.45) is 2.94. The molecule has 0 aromatic heterocycles. The third-order valence-electron chi connectivity index (χ3n) is 7.48. The number of carbonyl (C=O) groups is 3. The normalized spacial score (nSPS) is 21.9. The Kier molecular flexibility index (Phi) is 7.32. The molecule has 3 fully saturated rings. The summed E-state index contributed by atoms with van der Waals surface area (Å²) in [5.74, 6) is -0.615. The average molecular weight is 493 g/mol. The number of amides is 3. The van der Waals surface area contributed by atoms with Crippen LogP contribution in [0.25, 0.3) is 0 Å².